The minimum Gasteiger partial charge on any atom is -0.443 e. The molecule has 5 fully saturated rings. The fraction of sp³-hybridized carbons (Fsp3) is 0.852. The first-order chi connectivity index (χ1) is 16.6. The molecule has 0 N–H and O–H groups in total. The van der Waals surface area contributed by atoms with Crippen LogP contribution >= 0.6 is 0 Å². The van der Waals surface area contributed by atoms with Crippen LogP contribution in [-0.4, -0.2) is 91.7 Å². The van der Waals surface area contributed by atoms with E-state index in [1.807, 2.05) is 16.8 Å². The quantitative estimate of drug-likeness (QED) is 0.433. The highest BCUT2D eigenvalue weighted by Crippen LogP contribution is 2.59. The molecule has 8 heteroatoms. The Hall–Kier alpha value is -1.64. The molecule has 4 heterocycles. The molecule has 2 amide bonds. The van der Waals surface area contributed by atoms with Gasteiger partial charge in [-0.25, -0.2) is 4.79 Å². The van der Waals surface area contributed by atoms with Crippen LogP contribution in [0.25, 0.3) is 0 Å². The van der Waals surface area contributed by atoms with Crippen molar-refractivity contribution in [1.82, 2.24) is 9.80 Å². The van der Waals surface area contributed by atoms with Gasteiger partial charge >= 0.3 is 6.09 Å². The maximum absolute atomic E-state index is 13.2. The lowest BCUT2D eigenvalue weighted by atomic mass is 9.68. The molecule has 0 aromatic heterocycles. The van der Waals surface area contributed by atoms with Gasteiger partial charge < -0.3 is 28.7 Å². The van der Waals surface area contributed by atoms with Gasteiger partial charge in [-0.1, -0.05) is 11.6 Å². The van der Waals surface area contributed by atoms with Gasteiger partial charge in [0, 0.05) is 40.2 Å². The number of piperidine rings is 2. The van der Waals surface area contributed by atoms with Crippen molar-refractivity contribution in [1.29, 1.82) is 0 Å². The molecule has 1 aliphatic carbocycles. The van der Waals surface area contributed by atoms with Crippen molar-refractivity contribution < 1.29 is 28.5 Å². The third-order valence-corrected chi connectivity index (χ3v) is 9.50. The molecule has 8 nitrogen and oxygen atoms in total. The maximum atomic E-state index is 13.2. The van der Waals surface area contributed by atoms with Crippen molar-refractivity contribution in [3.8, 4) is 0 Å². The zero-order valence-corrected chi connectivity index (χ0v) is 22.0. The highest BCUT2D eigenvalue weighted by molar-refractivity contribution is 5.77. The van der Waals surface area contributed by atoms with E-state index in [4.69, 9.17) is 18.9 Å². The molecular formula is C27H42N2O6. The minimum atomic E-state index is -0.341. The van der Waals surface area contributed by atoms with Crippen molar-refractivity contribution in [3.63, 3.8) is 0 Å². The molecule has 6 atom stereocenters. The largest absolute Gasteiger partial charge is 0.443 e. The second-order valence-electron chi connectivity index (χ2n) is 12.0. The monoisotopic (exact) mass is 490 g/mol. The Bertz CT molecular complexity index is 873. The number of ether oxygens (including phenoxy) is 4. The number of likely N-dealkylation sites (tertiary alicyclic amines) is 2. The molecule has 2 spiro atoms. The topological polar surface area (TPSA) is 84.1 Å². The van der Waals surface area contributed by atoms with E-state index < -0.39 is 0 Å². The summed E-state index contributed by atoms with van der Waals surface area (Å²) in [6.07, 6.45) is 7.29. The van der Waals surface area contributed by atoms with E-state index in [1.54, 1.807) is 7.11 Å². The summed E-state index contributed by atoms with van der Waals surface area (Å²) in [6.45, 7) is 9.17. The van der Waals surface area contributed by atoms with Crippen LogP contribution in [0.2, 0.25) is 0 Å². The van der Waals surface area contributed by atoms with Gasteiger partial charge in [0.1, 0.15) is 23.4 Å². The molecule has 35 heavy (non-hydrogen) atoms. The summed E-state index contributed by atoms with van der Waals surface area (Å²) in [6, 6.07) is 0. The Morgan fingerprint density at radius 3 is 2.46 bits per heavy atom. The summed E-state index contributed by atoms with van der Waals surface area (Å²) < 4.78 is 24.4. The Morgan fingerprint density at radius 1 is 1.17 bits per heavy atom. The molecule has 5 aliphatic rings. The van der Waals surface area contributed by atoms with Crippen LogP contribution in [0.1, 0.15) is 65.7 Å². The van der Waals surface area contributed by atoms with E-state index >= 15 is 0 Å². The van der Waals surface area contributed by atoms with Gasteiger partial charge in [0.15, 0.2) is 0 Å². The van der Waals surface area contributed by atoms with Crippen molar-refractivity contribution >= 4 is 12.0 Å². The van der Waals surface area contributed by atoms with E-state index in [2.05, 4.69) is 26.8 Å². The molecule has 4 saturated heterocycles. The summed E-state index contributed by atoms with van der Waals surface area (Å²) in [7, 11) is 3.58. The third kappa shape index (κ3) is 4.62. The zero-order chi connectivity index (χ0) is 25.0. The van der Waals surface area contributed by atoms with Crippen molar-refractivity contribution in [2.24, 2.45) is 11.3 Å². The molecule has 0 radical (unpaired) electrons. The number of methoxy groups -OCH3 is 1. The summed E-state index contributed by atoms with van der Waals surface area (Å²) in [4.78, 5) is 29.1. The Kier molecular flexibility index (Phi) is 6.46. The normalized spacial score (nSPS) is 40.1. The zero-order valence-electron chi connectivity index (χ0n) is 22.0. The predicted molar refractivity (Wildman–Crippen MR) is 130 cm³/mol. The van der Waals surface area contributed by atoms with Gasteiger partial charge in [-0.05, 0) is 64.7 Å². The first-order valence-electron chi connectivity index (χ1n) is 13.3. The number of carbonyl (C=O) groups excluding carboxylic acids is 2. The minimum absolute atomic E-state index is 0.0250. The highest BCUT2D eigenvalue weighted by Gasteiger charge is 2.72. The lowest BCUT2D eigenvalue weighted by Gasteiger charge is -2.46. The van der Waals surface area contributed by atoms with Crippen LogP contribution in [0.5, 0.6) is 0 Å². The average molecular weight is 491 g/mol. The molecule has 5 rings (SSSR count). The highest BCUT2D eigenvalue weighted by atomic mass is 16.6. The van der Waals surface area contributed by atoms with Crippen molar-refractivity contribution in [2.45, 2.75) is 95.2 Å². The van der Waals surface area contributed by atoms with Crippen molar-refractivity contribution in [3.05, 3.63) is 11.6 Å². The molecule has 0 unspecified atom stereocenters. The van der Waals surface area contributed by atoms with E-state index in [-0.39, 0.29) is 52.8 Å². The van der Waals surface area contributed by atoms with E-state index in [0.717, 1.165) is 45.1 Å². The first-order valence-corrected chi connectivity index (χ1v) is 13.3. The standard InChI is InChI=1S/C27H42N2O6/c1-18(2)6-7-20-25(3,35-20)23-22(32-5)19(8-9-27(23)17-33-27)34-24(31)29-14-11-26(12-15-29)10-13-28(4)21(30)16-26/h6,19-20,22-23H,7-17H2,1-5H3/t19-,20-,22-,23-,25+,27+/m1/s1. The van der Waals surface area contributed by atoms with Crippen LogP contribution in [0, 0.1) is 11.3 Å². The van der Waals surface area contributed by atoms with Crippen LogP contribution in [0.15, 0.2) is 11.6 Å². The van der Waals surface area contributed by atoms with E-state index in [1.165, 1.54) is 5.57 Å². The van der Waals surface area contributed by atoms with Gasteiger partial charge in [-0.2, -0.15) is 0 Å². The number of allylic oxidation sites excluding steroid dienone is 1. The Balaban J connectivity index is 1.22. The molecule has 0 aromatic rings. The van der Waals surface area contributed by atoms with Gasteiger partial charge in [0.05, 0.1) is 18.6 Å². The summed E-state index contributed by atoms with van der Waals surface area (Å²) in [5.41, 5.74) is 0.758. The van der Waals surface area contributed by atoms with Gasteiger partial charge in [0.2, 0.25) is 5.91 Å². The predicted octanol–water partition coefficient (Wildman–Crippen LogP) is 3.53. The number of carbonyl (C=O) groups is 2. The number of nitrogens with zero attached hydrogens (tertiary/aromatic N) is 2. The van der Waals surface area contributed by atoms with E-state index in [0.29, 0.717) is 26.1 Å². The van der Waals surface area contributed by atoms with E-state index in [9.17, 15) is 9.59 Å². The van der Waals surface area contributed by atoms with Crippen LogP contribution in [-0.2, 0) is 23.7 Å². The number of hydrogen-bond donors (Lipinski definition) is 0. The van der Waals surface area contributed by atoms with Gasteiger partial charge in [0.25, 0.3) is 0 Å². The fourth-order valence-corrected chi connectivity index (χ4v) is 6.94. The van der Waals surface area contributed by atoms with Crippen LogP contribution in [0.3, 0.4) is 0 Å². The van der Waals surface area contributed by atoms with Crippen LogP contribution < -0.4 is 0 Å². The molecule has 4 aliphatic heterocycles. The smallest absolute Gasteiger partial charge is 0.410 e. The Labute approximate surface area is 209 Å². The lowest BCUT2D eigenvalue weighted by Crippen LogP contribution is -2.56. The molecule has 0 bridgehead atoms. The maximum Gasteiger partial charge on any atom is 0.410 e. The number of rotatable bonds is 5. The second-order valence-corrected chi connectivity index (χ2v) is 12.0. The molecular weight excluding hydrogens is 448 g/mol. The molecule has 1 saturated carbocycles. The molecule has 196 valence electrons. The Morgan fingerprint density at radius 2 is 1.86 bits per heavy atom. The number of amides is 2. The number of epoxide rings is 2. The van der Waals surface area contributed by atoms with Crippen LogP contribution in [0.4, 0.5) is 4.79 Å². The van der Waals surface area contributed by atoms with Gasteiger partial charge in [-0.3, -0.25) is 4.79 Å². The third-order valence-electron chi connectivity index (χ3n) is 9.50. The SMILES string of the molecule is CO[C@@H]1[C@H](OC(=O)N2CCC3(CCN(C)C(=O)C3)CC2)CC[C@]2(CO2)[C@H]1[C@@]1(C)O[C@@H]1CC=C(C)C. The fourth-order valence-electron chi connectivity index (χ4n) is 6.94. The summed E-state index contributed by atoms with van der Waals surface area (Å²) in [5.74, 6) is 0.246. The van der Waals surface area contributed by atoms with Gasteiger partial charge in [-0.15, -0.1) is 0 Å². The summed E-state index contributed by atoms with van der Waals surface area (Å²) >= 11 is 0. The second kappa shape index (κ2) is 9.03. The summed E-state index contributed by atoms with van der Waals surface area (Å²) in [5, 5.41) is 0. The average Bonchev–Trinajstić information content (AvgIpc) is 3.74. The first kappa shape index (κ1) is 25.0. The number of hydrogen-bond acceptors (Lipinski definition) is 6. The molecule has 0 aromatic carbocycles. The lowest BCUT2D eigenvalue weighted by molar-refractivity contribution is -0.138. The van der Waals surface area contributed by atoms with Crippen molar-refractivity contribution in [2.75, 3.05) is 40.4 Å².